The number of hydrogen-bond donors (Lipinski definition) is 0. The van der Waals surface area contributed by atoms with Crippen molar-refractivity contribution < 1.29 is 9.53 Å². The minimum Gasteiger partial charge on any atom is -0.469 e. The third-order valence-corrected chi connectivity index (χ3v) is 5.66. The second-order valence-electron chi connectivity index (χ2n) is 6.44. The summed E-state index contributed by atoms with van der Waals surface area (Å²) in [4.78, 5) is 27.9. The zero-order valence-corrected chi connectivity index (χ0v) is 13.3. The average Bonchev–Trinajstić information content (AvgIpc) is 3.12. The number of aromatic nitrogens is 3. The Morgan fingerprint density at radius 3 is 3.18 bits per heavy atom. The van der Waals surface area contributed by atoms with Crippen molar-refractivity contribution >= 4 is 33.6 Å². The van der Waals surface area contributed by atoms with Gasteiger partial charge in [-0.3, -0.25) is 4.79 Å². The van der Waals surface area contributed by atoms with Gasteiger partial charge in [0.1, 0.15) is 10.3 Å². The number of fused-ring (bicyclic) bond motifs is 1. The molecule has 0 bridgehead atoms. The molecule has 4 rings (SSSR count). The molecular formula is C15H18N4O2S. The molecule has 0 amide bonds. The maximum absolute atomic E-state index is 11.3. The molecule has 7 heteroatoms. The Hall–Kier alpha value is -1.76. The molecule has 0 radical (unpaired) electrons. The minimum atomic E-state index is -0.0892. The molecule has 2 aromatic heterocycles. The Labute approximate surface area is 132 Å². The Kier molecular flexibility index (Phi) is 3.25. The molecule has 0 atom stereocenters. The van der Waals surface area contributed by atoms with E-state index in [2.05, 4.69) is 19.9 Å². The first-order chi connectivity index (χ1) is 10.7. The molecule has 3 heterocycles. The number of esters is 1. The van der Waals surface area contributed by atoms with E-state index in [9.17, 15) is 4.79 Å². The number of nitrogens with zero attached hydrogens (tertiary/aromatic N) is 4. The summed E-state index contributed by atoms with van der Waals surface area (Å²) < 4.78 is 4.76. The summed E-state index contributed by atoms with van der Waals surface area (Å²) in [6.45, 7) is 1.99. The van der Waals surface area contributed by atoms with Crippen LogP contribution in [0.2, 0.25) is 0 Å². The molecule has 0 unspecified atom stereocenters. The number of ether oxygens (including phenoxy) is 1. The number of hydrogen-bond acceptors (Lipinski definition) is 7. The normalized spacial score (nSPS) is 27.3. The Morgan fingerprint density at radius 1 is 1.50 bits per heavy atom. The highest BCUT2D eigenvalue weighted by molar-refractivity contribution is 7.16. The van der Waals surface area contributed by atoms with Gasteiger partial charge in [-0.25, -0.2) is 15.0 Å². The monoisotopic (exact) mass is 318 g/mol. The van der Waals surface area contributed by atoms with Crippen LogP contribution in [0.3, 0.4) is 0 Å². The van der Waals surface area contributed by atoms with E-state index in [4.69, 9.17) is 4.74 Å². The Bertz CT molecular complexity index is 710. The van der Waals surface area contributed by atoms with Gasteiger partial charge in [-0.05, 0) is 30.6 Å². The molecule has 2 fully saturated rings. The van der Waals surface area contributed by atoms with E-state index in [-0.39, 0.29) is 5.97 Å². The van der Waals surface area contributed by atoms with Gasteiger partial charge in [-0.2, -0.15) is 0 Å². The van der Waals surface area contributed by atoms with Crippen LogP contribution in [-0.4, -0.2) is 41.1 Å². The highest BCUT2D eigenvalue weighted by Gasteiger charge is 2.49. The highest BCUT2D eigenvalue weighted by atomic mass is 32.1. The standard InChI is InChI=1S/C15H18N4O2S/c1-21-12(20)4-10-5-15(6-10)2-3-19(8-15)14-16-7-11-13(18-14)22-9-17-11/h7,9-10H,2-6,8H2,1H3. The summed E-state index contributed by atoms with van der Waals surface area (Å²) in [6, 6.07) is 0. The lowest BCUT2D eigenvalue weighted by Crippen LogP contribution is -2.40. The van der Waals surface area contributed by atoms with Gasteiger partial charge in [0.15, 0.2) is 0 Å². The zero-order valence-electron chi connectivity index (χ0n) is 12.5. The lowest BCUT2D eigenvalue weighted by atomic mass is 9.60. The number of anilines is 1. The van der Waals surface area contributed by atoms with Crippen molar-refractivity contribution in [1.82, 2.24) is 15.0 Å². The summed E-state index contributed by atoms with van der Waals surface area (Å²) in [7, 11) is 1.46. The molecule has 2 aliphatic rings. The molecule has 1 spiro atoms. The van der Waals surface area contributed by atoms with E-state index in [1.807, 2.05) is 0 Å². The van der Waals surface area contributed by atoms with Crippen molar-refractivity contribution in [2.75, 3.05) is 25.1 Å². The second kappa shape index (κ2) is 5.15. The van der Waals surface area contributed by atoms with Crippen LogP contribution in [0.4, 0.5) is 5.95 Å². The first kappa shape index (κ1) is 13.9. The van der Waals surface area contributed by atoms with Crippen LogP contribution in [0.1, 0.15) is 25.7 Å². The Balaban J connectivity index is 1.41. The van der Waals surface area contributed by atoms with Gasteiger partial charge in [0.05, 0.1) is 18.8 Å². The summed E-state index contributed by atoms with van der Waals surface area (Å²) in [5.41, 5.74) is 3.02. The molecule has 1 saturated heterocycles. The van der Waals surface area contributed by atoms with Gasteiger partial charge in [-0.15, -0.1) is 11.3 Å². The van der Waals surface area contributed by atoms with Crippen LogP contribution in [0, 0.1) is 11.3 Å². The lowest BCUT2D eigenvalue weighted by Gasteiger charge is -2.44. The molecular weight excluding hydrogens is 300 g/mol. The number of methoxy groups -OCH3 is 1. The van der Waals surface area contributed by atoms with E-state index in [0.29, 0.717) is 17.8 Å². The maximum atomic E-state index is 11.3. The third-order valence-electron chi connectivity index (χ3n) is 4.93. The fraction of sp³-hybridized carbons (Fsp3) is 0.600. The topological polar surface area (TPSA) is 68.2 Å². The second-order valence-corrected chi connectivity index (χ2v) is 7.27. The van der Waals surface area contributed by atoms with E-state index < -0.39 is 0 Å². The van der Waals surface area contributed by atoms with Crippen LogP contribution in [0.15, 0.2) is 11.7 Å². The predicted molar refractivity (Wildman–Crippen MR) is 83.8 cm³/mol. The smallest absolute Gasteiger partial charge is 0.305 e. The van der Waals surface area contributed by atoms with Crippen LogP contribution in [-0.2, 0) is 9.53 Å². The molecule has 22 heavy (non-hydrogen) atoms. The van der Waals surface area contributed by atoms with E-state index in [0.717, 1.165) is 48.6 Å². The van der Waals surface area contributed by atoms with Gasteiger partial charge in [0.25, 0.3) is 0 Å². The number of carbonyl (C=O) groups is 1. The maximum Gasteiger partial charge on any atom is 0.305 e. The first-order valence-corrected chi connectivity index (χ1v) is 8.43. The van der Waals surface area contributed by atoms with E-state index in [1.54, 1.807) is 23.0 Å². The van der Waals surface area contributed by atoms with Crippen LogP contribution < -0.4 is 4.90 Å². The molecule has 6 nitrogen and oxygen atoms in total. The van der Waals surface area contributed by atoms with Gasteiger partial charge in [0, 0.05) is 19.5 Å². The molecule has 1 saturated carbocycles. The number of thiazole rings is 1. The summed E-state index contributed by atoms with van der Waals surface area (Å²) in [5, 5.41) is 0. The fourth-order valence-corrected chi connectivity index (χ4v) is 4.51. The number of carbonyl (C=O) groups excluding carboxylic acids is 1. The van der Waals surface area contributed by atoms with Crippen molar-refractivity contribution in [1.29, 1.82) is 0 Å². The Morgan fingerprint density at radius 2 is 2.36 bits per heavy atom. The van der Waals surface area contributed by atoms with Gasteiger partial charge in [-0.1, -0.05) is 0 Å². The largest absolute Gasteiger partial charge is 0.469 e. The quantitative estimate of drug-likeness (QED) is 0.809. The molecule has 1 aliphatic heterocycles. The number of rotatable bonds is 3. The molecule has 0 N–H and O–H groups in total. The van der Waals surface area contributed by atoms with Crippen molar-refractivity contribution in [3.63, 3.8) is 0 Å². The molecule has 0 aromatic carbocycles. The van der Waals surface area contributed by atoms with Crippen molar-refractivity contribution in [3.05, 3.63) is 11.7 Å². The SMILES string of the molecule is COC(=O)CC1CC2(CCN(c3ncc4ncsc4n3)C2)C1. The zero-order chi connectivity index (χ0) is 15.2. The lowest BCUT2D eigenvalue weighted by molar-refractivity contribution is -0.143. The van der Waals surface area contributed by atoms with E-state index >= 15 is 0 Å². The van der Waals surface area contributed by atoms with E-state index in [1.165, 1.54) is 7.11 Å². The van der Waals surface area contributed by atoms with Crippen molar-refractivity contribution in [3.8, 4) is 0 Å². The van der Waals surface area contributed by atoms with Crippen LogP contribution in [0.25, 0.3) is 10.3 Å². The van der Waals surface area contributed by atoms with Gasteiger partial charge >= 0.3 is 5.97 Å². The predicted octanol–water partition coefficient (Wildman–Crippen LogP) is 2.26. The summed E-state index contributed by atoms with van der Waals surface area (Å²) >= 11 is 1.55. The summed E-state index contributed by atoms with van der Waals surface area (Å²) in [5.74, 6) is 1.20. The van der Waals surface area contributed by atoms with Crippen molar-refractivity contribution in [2.45, 2.75) is 25.7 Å². The molecule has 116 valence electrons. The molecule has 2 aromatic rings. The third kappa shape index (κ3) is 2.33. The van der Waals surface area contributed by atoms with Gasteiger partial charge < -0.3 is 9.64 Å². The van der Waals surface area contributed by atoms with Crippen LogP contribution in [0.5, 0.6) is 0 Å². The minimum absolute atomic E-state index is 0.0892. The summed E-state index contributed by atoms with van der Waals surface area (Å²) in [6.07, 6.45) is 5.75. The van der Waals surface area contributed by atoms with Crippen LogP contribution >= 0.6 is 11.3 Å². The van der Waals surface area contributed by atoms with Crippen molar-refractivity contribution in [2.24, 2.45) is 11.3 Å². The first-order valence-electron chi connectivity index (χ1n) is 7.55. The highest BCUT2D eigenvalue weighted by Crippen LogP contribution is 2.53. The van der Waals surface area contributed by atoms with Gasteiger partial charge in [0.2, 0.25) is 5.95 Å². The molecule has 1 aliphatic carbocycles. The fourth-order valence-electron chi connectivity index (χ4n) is 3.88. The average molecular weight is 318 g/mol.